The first-order chi connectivity index (χ1) is 13.6. The SMILES string of the molecule is Cc1cccc(CSc2nnc(-c3ccc(F)cc3)n2-c2cccc(C)c2)c1. The molecule has 0 radical (unpaired) electrons. The average Bonchev–Trinajstić information content (AvgIpc) is 3.11. The lowest BCUT2D eigenvalue weighted by atomic mass is 10.2. The Bertz CT molecular complexity index is 1100. The van der Waals surface area contributed by atoms with Crippen molar-refractivity contribution in [3.8, 4) is 17.1 Å². The molecule has 0 saturated heterocycles. The number of hydrogen-bond acceptors (Lipinski definition) is 3. The van der Waals surface area contributed by atoms with E-state index in [0.717, 1.165) is 27.7 Å². The zero-order valence-corrected chi connectivity index (χ0v) is 16.6. The van der Waals surface area contributed by atoms with Crippen molar-refractivity contribution >= 4 is 11.8 Å². The van der Waals surface area contributed by atoms with Crippen molar-refractivity contribution in [3.63, 3.8) is 0 Å². The lowest BCUT2D eigenvalue weighted by molar-refractivity contribution is 0.628. The van der Waals surface area contributed by atoms with Gasteiger partial charge in [-0.05, 0) is 61.4 Å². The Morgan fingerprint density at radius 1 is 0.857 bits per heavy atom. The summed E-state index contributed by atoms with van der Waals surface area (Å²) in [5.41, 5.74) is 5.47. The number of nitrogens with zero attached hydrogens (tertiary/aromatic N) is 3. The molecule has 0 bridgehead atoms. The van der Waals surface area contributed by atoms with Gasteiger partial charge in [0.2, 0.25) is 0 Å². The van der Waals surface area contributed by atoms with Crippen molar-refractivity contribution in [2.45, 2.75) is 24.8 Å². The molecule has 0 spiro atoms. The molecule has 3 nitrogen and oxygen atoms in total. The predicted molar refractivity (Wildman–Crippen MR) is 112 cm³/mol. The van der Waals surface area contributed by atoms with Crippen LogP contribution in [0.2, 0.25) is 0 Å². The van der Waals surface area contributed by atoms with Gasteiger partial charge in [-0.15, -0.1) is 10.2 Å². The fraction of sp³-hybridized carbons (Fsp3) is 0.130. The fourth-order valence-electron chi connectivity index (χ4n) is 3.10. The van der Waals surface area contributed by atoms with Crippen LogP contribution >= 0.6 is 11.8 Å². The molecule has 140 valence electrons. The third kappa shape index (κ3) is 3.99. The Morgan fingerprint density at radius 2 is 1.57 bits per heavy atom. The van der Waals surface area contributed by atoms with Crippen molar-refractivity contribution in [3.05, 3.63) is 95.3 Å². The summed E-state index contributed by atoms with van der Waals surface area (Å²) in [6, 6.07) is 23.1. The van der Waals surface area contributed by atoms with Gasteiger partial charge in [0.15, 0.2) is 11.0 Å². The molecule has 4 rings (SSSR count). The van der Waals surface area contributed by atoms with Gasteiger partial charge >= 0.3 is 0 Å². The molecule has 0 aliphatic rings. The molecule has 0 aliphatic carbocycles. The standard InChI is InChI=1S/C23H20FN3S/c1-16-5-3-7-18(13-16)15-28-23-26-25-22(19-9-11-20(24)12-10-19)27(23)21-8-4-6-17(2)14-21/h3-14H,15H2,1-2H3. The monoisotopic (exact) mass is 389 g/mol. The number of halogens is 1. The van der Waals surface area contributed by atoms with Crippen molar-refractivity contribution in [1.29, 1.82) is 0 Å². The molecule has 0 aliphatic heterocycles. The third-order valence-electron chi connectivity index (χ3n) is 4.45. The zero-order valence-electron chi connectivity index (χ0n) is 15.8. The molecule has 0 saturated carbocycles. The zero-order chi connectivity index (χ0) is 19.5. The minimum Gasteiger partial charge on any atom is -0.270 e. The van der Waals surface area contributed by atoms with Crippen LogP contribution in [0.15, 0.2) is 78.0 Å². The molecule has 5 heteroatoms. The summed E-state index contributed by atoms with van der Waals surface area (Å²) in [5.74, 6) is 1.24. The number of hydrogen-bond donors (Lipinski definition) is 0. The normalized spacial score (nSPS) is 11.0. The van der Waals surface area contributed by atoms with Gasteiger partial charge in [0.25, 0.3) is 0 Å². The predicted octanol–water partition coefficient (Wildman–Crippen LogP) is 5.98. The molecule has 28 heavy (non-hydrogen) atoms. The summed E-state index contributed by atoms with van der Waals surface area (Å²) >= 11 is 1.64. The van der Waals surface area contributed by atoms with Crippen LogP contribution in [0.1, 0.15) is 16.7 Å². The van der Waals surface area contributed by atoms with E-state index in [1.165, 1.54) is 23.3 Å². The summed E-state index contributed by atoms with van der Waals surface area (Å²) in [6.07, 6.45) is 0. The average molecular weight is 389 g/mol. The number of benzene rings is 3. The van der Waals surface area contributed by atoms with E-state index < -0.39 is 0 Å². The first kappa shape index (κ1) is 18.4. The van der Waals surface area contributed by atoms with Gasteiger partial charge in [-0.25, -0.2) is 4.39 Å². The summed E-state index contributed by atoms with van der Waals surface area (Å²) in [7, 11) is 0. The molecular formula is C23H20FN3S. The van der Waals surface area contributed by atoms with Gasteiger partial charge in [0.05, 0.1) is 0 Å². The second kappa shape index (κ2) is 7.98. The Balaban J connectivity index is 1.74. The Labute approximate surface area is 168 Å². The highest BCUT2D eigenvalue weighted by molar-refractivity contribution is 7.98. The molecule has 0 fully saturated rings. The molecule has 3 aromatic carbocycles. The van der Waals surface area contributed by atoms with E-state index in [9.17, 15) is 4.39 Å². The Kier molecular flexibility index (Phi) is 5.26. The minimum absolute atomic E-state index is 0.264. The smallest absolute Gasteiger partial charge is 0.196 e. The summed E-state index contributed by atoms with van der Waals surface area (Å²) in [4.78, 5) is 0. The first-order valence-corrected chi connectivity index (χ1v) is 10.1. The first-order valence-electron chi connectivity index (χ1n) is 9.07. The van der Waals surface area contributed by atoms with Crippen molar-refractivity contribution in [2.24, 2.45) is 0 Å². The molecule has 0 amide bonds. The van der Waals surface area contributed by atoms with Gasteiger partial charge in [-0.2, -0.15) is 0 Å². The van der Waals surface area contributed by atoms with Crippen LogP contribution in [0.4, 0.5) is 4.39 Å². The quantitative estimate of drug-likeness (QED) is 0.393. The molecule has 0 atom stereocenters. The lowest BCUT2D eigenvalue weighted by Gasteiger charge is -2.11. The highest BCUT2D eigenvalue weighted by atomic mass is 32.2. The molecular weight excluding hydrogens is 369 g/mol. The second-order valence-corrected chi connectivity index (χ2v) is 7.71. The summed E-state index contributed by atoms with van der Waals surface area (Å²) < 4.78 is 15.4. The number of aromatic nitrogens is 3. The van der Waals surface area contributed by atoms with Crippen LogP contribution in [-0.4, -0.2) is 14.8 Å². The number of aryl methyl sites for hydroxylation is 2. The maximum Gasteiger partial charge on any atom is 0.196 e. The largest absolute Gasteiger partial charge is 0.270 e. The van der Waals surface area contributed by atoms with Gasteiger partial charge in [-0.3, -0.25) is 4.57 Å². The highest BCUT2D eigenvalue weighted by Crippen LogP contribution is 2.30. The van der Waals surface area contributed by atoms with Crippen LogP contribution in [-0.2, 0) is 5.75 Å². The van der Waals surface area contributed by atoms with Crippen LogP contribution in [0.3, 0.4) is 0 Å². The topological polar surface area (TPSA) is 30.7 Å². The number of rotatable bonds is 5. The summed E-state index contributed by atoms with van der Waals surface area (Å²) in [5, 5.41) is 9.67. The van der Waals surface area contributed by atoms with Crippen molar-refractivity contribution in [2.75, 3.05) is 0 Å². The van der Waals surface area contributed by atoms with E-state index in [4.69, 9.17) is 0 Å². The van der Waals surface area contributed by atoms with Crippen molar-refractivity contribution in [1.82, 2.24) is 14.8 Å². The fourth-order valence-corrected chi connectivity index (χ4v) is 3.99. The highest BCUT2D eigenvalue weighted by Gasteiger charge is 2.16. The van der Waals surface area contributed by atoms with Crippen LogP contribution < -0.4 is 0 Å². The van der Waals surface area contributed by atoms with Gasteiger partial charge < -0.3 is 0 Å². The Hall–Kier alpha value is -2.92. The van der Waals surface area contributed by atoms with E-state index in [-0.39, 0.29) is 5.82 Å². The van der Waals surface area contributed by atoms with E-state index in [1.54, 1.807) is 23.9 Å². The van der Waals surface area contributed by atoms with Gasteiger partial charge in [0, 0.05) is 17.0 Å². The number of thioether (sulfide) groups is 1. The molecule has 4 aromatic rings. The lowest BCUT2D eigenvalue weighted by Crippen LogP contribution is -2.00. The van der Waals surface area contributed by atoms with Crippen molar-refractivity contribution < 1.29 is 4.39 Å². The minimum atomic E-state index is -0.264. The Morgan fingerprint density at radius 3 is 2.29 bits per heavy atom. The van der Waals surface area contributed by atoms with E-state index >= 15 is 0 Å². The van der Waals surface area contributed by atoms with Crippen LogP contribution in [0.25, 0.3) is 17.1 Å². The third-order valence-corrected chi connectivity index (χ3v) is 5.45. The molecule has 0 unspecified atom stereocenters. The van der Waals surface area contributed by atoms with E-state index in [1.807, 2.05) is 16.7 Å². The molecule has 1 aromatic heterocycles. The van der Waals surface area contributed by atoms with E-state index in [2.05, 4.69) is 60.4 Å². The maximum atomic E-state index is 13.4. The van der Waals surface area contributed by atoms with Crippen LogP contribution in [0.5, 0.6) is 0 Å². The molecule has 0 N–H and O–H groups in total. The molecule has 1 heterocycles. The summed E-state index contributed by atoms with van der Waals surface area (Å²) in [6.45, 7) is 4.15. The van der Waals surface area contributed by atoms with E-state index in [0.29, 0.717) is 5.82 Å². The van der Waals surface area contributed by atoms with Gasteiger partial charge in [-0.1, -0.05) is 53.7 Å². The second-order valence-electron chi connectivity index (χ2n) is 6.77. The van der Waals surface area contributed by atoms with Crippen LogP contribution in [0, 0.1) is 19.7 Å². The van der Waals surface area contributed by atoms with Gasteiger partial charge in [0.1, 0.15) is 5.82 Å². The maximum absolute atomic E-state index is 13.4.